The van der Waals surface area contributed by atoms with Gasteiger partial charge in [-0.15, -0.1) is 0 Å². The zero-order valence-corrected chi connectivity index (χ0v) is 13.4. The van der Waals surface area contributed by atoms with E-state index in [0.29, 0.717) is 6.04 Å². The Morgan fingerprint density at radius 3 is 3.00 bits per heavy atom. The molecule has 22 heavy (non-hydrogen) atoms. The molecular formula is C17H24N2O3. The molecule has 0 spiro atoms. The molecule has 0 bridgehead atoms. The number of ether oxygens (including phenoxy) is 3. The van der Waals surface area contributed by atoms with Crippen LogP contribution in [0, 0.1) is 0 Å². The number of piperazine rings is 1. The van der Waals surface area contributed by atoms with Crippen molar-refractivity contribution in [2.24, 2.45) is 0 Å². The first kappa shape index (κ1) is 14.2. The fraction of sp³-hybridized carbons (Fsp3) is 0.647. The zero-order chi connectivity index (χ0) is 15.1. The number of hydrogen-bond donors (Lipinski definition) is 0. The Morgan fingerprint density at radius 1 is 1.23 bits per heavy atom. The van der Waals surface area contributed by atoms with Crippen molar-refractivity contribution in [1.29, 1.82) is 0 Å². The summed E-state index contributed by atoms with van der Waals surface area (Å²) < 4.78 is 16.5. The van der Waals surface area contributed by atoms with Crippen molar-refractivity contribution in [1.82, 2.24) is 9.80 Å². The van der Waals surface area contributed by atoms with Crippen molar-refractivity contribution in [2.45, 2.75) is 38.4 Å². The van der Waals surface area contributed by atoms with Gasteiger partial charge in [0, 0.05) is 31.7 Å². The highest BCUT2D eigenvalue weighted by Crippen LogP contribution is 2.42. The predicted octanol–water partition coefficient (Wildman–Crippen LogP) is 2.09. The fourth-order valence-corrected chi connectivity index (χ4v) is 4.11. The number of nitrogens with zero attached hydrogens (tertiary/aromatic N) is 2. The lowest BCUT2D eigenvalue weighted by molar-refractivity contribution is 0.0470. The fourth-order valence-electron chi connectivity index (χ4n) is 4.11. The van der Waals surface area contributed by atoms with Gasteiger partial charge in [0.05, 0.1) is 7.11 Å². The van der Waals surface area contributed by atoms with Gasteiger partial charge in [0.1, 0.15) is 0 Å². The molecule has 0 amide bonds. The molecule has 2 atom stereocenters. The topological polar surface area (TPSA) is 34.2 Å². The third kappa shape index (κ3) is 2.32. The van der Waals surface area contributed by atoms with Crippen LogP contribution in [-0.4, -0.2) is 55.4 Å². The summed E-state index contributed by atoms with van der Waals surface area (Å²) in [6, 6.07) is 5.51. The lowest BCUT2D eigenvalue weighted by Gasteiger charge is -2.43. The molecular weight excluding hydrogens is 280 g/mol. The molecule has 0 saturated carbocycles. The molecule has 3 aliphatic heterocycles. The van der Waals surface area contributed by atoms with Crippen molar-refractivity contribution in [2.75, 3.05) is 33.5 Å². The largest absolute Gasteiger partial charge is 0.493 e. The van der Waals surface area contributed by atoms with E-state index >= 15 is 0 Å². The Kier molecular flexibility index (Phi) is 3.62. The highest BCUT2D eigenvalue weighted by molar-refractivity contribution is 5.55. The van der Waals surface area contributed by atoms with Crippen LogP contribution in [0.4, 0.5) is 0 Å². The maximum Gasteiger partial charge on any atom is 0.231 e. The van der Waals surface area contributed by atoms with E-state index in [-0.39, 0.29) is 6.79 Å². The van der Waals surface area contributed by atoms with Gasteiger partial charge in [-0.05, 0) is 44.0 Å². The van der Waals surface area contributed by atoms with Crippen LogP contribution in [0.5, 0.6) is 17.2 Å². The van der Waals surface area contributed by atoms with Gasteiger partial charge in [-0.1, -0.05) is 0 Å². The van der Waals surface area contributed by atoms with E-state index in [1.54, 1.807) is 7.11 Å². The molecule has 2 saturated heterocycles. The van der Waals surface area contributed by atoms with Crippen LogP contribution in [0.15, 0.2) is 12.1 Å². The summed E-state index contributed by atoms with van der Waals surface area (Å²) in [5.74, 6) is 2.32. The Morgan fingerprint density at radius 2 is 2.14 bits per heavy atom. The van der Waals surface area contributed by atoms with E-state index in [2.05, 4.69) is 28.9 Å². The highest BCUT2D eigenvalue weighted by Gasteiger charge is 2.36. The Balaban J connectivity index is 1.53. The van der Waals surface area contributed by atoms with E-state index in [4.69, 9.17) is 14.2 Å². The minimum atomic E-state index is 0.284. The number of rotatable bonds is 3. The molecule has 5 heteroatoms. The van der Waals surface area contributed by atoms with Gasteiger partial charge >= 0.3 is 0 Å². The monoisotopic (exact) mass is 304 g/mol. The molecule has 0 radical (unpaired) electrons. The van der Waals surface area contributed by atoms with Crippen LogP contribution in [-0.2, 0) is 6.54 Å². The van der Waals surface area contributed by atoms with Crippen LogP contribution in [0.3, 0.4) is 0 Å². The normalized spacial score (nSPS) is 27.9. The van der Waals surface area contributed by atoms with Crippen LogP contribution >= 0.6 is 0 Å². The standard InChI is InChI=1S/C17H24N2O3/c1-12-14-4-3-5-18(14)6-7-19(12)10-13-8-15(20-2)17-16(9-13)21-11-22-17/h8-9,12,14H,3-7,10-11H2,1-2H3/t12-,14-/m0/s1. The number of methoxy groups -OCH3 is 1. The highest BCUT2D eigenvalue weighted by atomic mass is 16.7. The van der Waals surface area contributed by atoms with Crippen LogP contribution in [0.2, 0.25) is 0 Å². The second kappa shape index (κ2) is 5.63. The number of fused-ring (bicyclic) bond motifs is 2. The van der Waals surface area contributed by atoms with Crippen LogP contribution < -0.4 is 14.2 Å². The second-order valence-electron chi connectivity index (χ2n) is 6.49. The molecule has 1 aromatic carbocycles. The van der Waals surface area contributed by atoms with Gasteiger partial charge in [0.25, 0.3) is 0 Å². The summed E-state index contributed by atoms with van der Waals surface area (Å²) in [6.45, 7) is 7.20. The van der Waals surface area contributed by atoms with Crippen LogP contribution in [0.25, 0.3) is 0 Å². The smallest absolute Gasteiger partial charge is 0.231 e. The van der Waals surface area contributed by atoms with Gasteiger partial charge < -0.3 is 14.2 Å². The quantitative estimate of drug-likeness (QED) is 0.854. The molecule has 5 nitrogen and oxygen atoms in total. The second-order valence-corrected chi connectivity index (χ2v) is 6.49. The molecule has 0 N–H and O–H groups in total. The van der Waals surface area contributed by atoms with E-state index in [9.17, 15) is 0 Å². The van der Waals surface area contributed by atoms with E-state index in [1.165, 1.54) is 31.5 Å². The first-order valence-electron chi connectivity index (χ1n) is 8.21. The maximum atomic E-state index is 5.54. The summed E-state index contributed by atoms with van der Waals surface area (Å²) in [5.41, 5.74) is 1.24. The first-order chi connectivity index (χ1) is 10.8. The molecule has 2 fully saturated rings. The van der Waals surface area contributed by atoms with Gasteiger partial charge in [0.15, 0.2) is 11.5 Å². The van der Waals surface area contributed by atoms with Gasteiger partial charge in [-0.3, -0.25) is 9.80 Å². The summed E-state index contributed by atoms with van der Waals surface area (Å²) in [5, 5.41) is 0. The Bertz CT molecular complexity index is 563. The van der Waals surface area contributed by atoms with Crippen LogP contribution in [0.1, 0.15) is 25.3 Å². The maximum absolute atomic E-state index is 5.54. The molecule has 0 aliphatic carbocycles. The average Bonchev–Trinajstić information content (AvgIpc) is 3.18. The summed E-state index contributed by atoms with van der Waals surface area (Å²) >= 11 is 0. The molecule has 1 aromatic rings. The van der Waals surface area contributed by atoms with Crippen molar-refractivity contribution < 1.29 is 14.2 Å². The third-order valence-corrected chi connectivity index (χ3v) is 5.33. The van der Waals surface area contributed by atoms with E-state index in [1.807, 2.05) is 0 Å². The van der Waals surface area contributed by atoms with Gasteiger partial charge in [-0.25, -0.2) is 0 Å². The molecule has 0 aromatic heterocycles. The van der Waals surface area contributed by atoms with Crippen molar-refractivity contribution in [3.05, 3.63) is 17.7 Å². The minimum absolute atomic E-state index is 0.284. The van der Waals surface area contributed by atoms with Gasteiger partial charge in [0.2, 0.25) is 12.5 Å². The average molecular weight is 304 g/mol. The van der Waals surface area contributed by atoms with E-state index < -0.39 is 0 Å². The zero-order valence-electron chi connectivity index (χ0n) is 13.4. The number of hydrogen-bond acceptors (Lipinski definition) is 5. The number of benzene rings is 1. The van der Waals surface area contributed by atoms with Crippen molar-refractivity contribution in [3.8, 4) is 17.2 Å². The van der Waals surface area contributed by atoms with Crippen molar-refractivity contribution >= 4 is 0 Å². The SMILES string of the molecule is COc1cc(CN2CCN3CCC[C@H]3[C@@H]2C)cc2c1OCO2. The Labute approximate surface area is 131 Å². The summed E-state index contributed by atoms with van der Waals surface area (Å²) in [7, 11) is 1.68. The first-order valence-corrected chi connectivity index (χ1v) is 8.21. The molecule has 0 unspecified atom stereocenters. The molecule has 4 rings (SSSR count). The third-order valence-electron chi connectivity index (χ3n) is 5.33. The molecule has 120 valence electrons. The molecule has 3 heterocycles. The molecule has 3 aliphatic rings. The van der Waals surface area contributed by atoms with Crippen molar-refractivity contribution in [3.63, 3.8) is 0 Å². The van der Waals surface area contributed by atoms with Gasteiger partial charge in [-0.2, -0.15) is 0 Å². The minimum Gasteiger partial charge on any atom is -0.493 e. The summed E-state index contributed by atoms with van der Waals surface area (Å²) in [6.07, 6.45) is 2.68. The lowest BCUT2D eigenvalue weighted by Crippen LogP contribution is -2.55. The van der Waals surface area contributed by atoms with E-state index in [0.717, 1.165) is 36.4 Å². The lowest BCUT2D eigenvalue weighted by atomic mass is 10.0. The summed E-state index contributed by atoms with van der Waals surface area (Å²) in [4.78, 5) is 5.24. The predicted molar refractivity (Wildman–Crippen MR) is 83.6 cm³/mol. The Hall–Kier alpha value is -1.46.